The normalized spacial score (nSPS) is 12.4. The van der Waals surface area contributed by atoms with E-state index in [2.05, 4.69) is 10.3 Å². The predicted octanol–water partition coefficient (Wildman–Crippen LogP) is 0.474. The van der Waals surface area contributed by atoms with Gasteiger partial charge in [-0.05, 0) is 12.1 Å². The maximum atomic E-state index is 10.8. The number of guanidine groups is 1. The number of rotatable bonds is 7. The van der Waals surface area contributed by atoms with Crippen molar-refractivity contribution in [3.8, 4) is 0 Å². The first-order valence-electron chi connectivity index (χ1n) is 5.85. The molecule has 0 fully saturated rings. The molecule has 106 valence electrons. The van der Waals surface area contributed by atoms with Gasteiger partial charge in [-0.1, -0.05) is 18.2 Å². The summed E-state index contributed by atoms with van der Waals surface area (Å²) in [6, 6.07) is 9.46. The van der Waals surface area contributed by atoms with Crippen LogP contribution in [0.2, 0.25) is 0 Å². The Bertz CT molecular complexity index is 500. The van der Waals surface area contributed by atoms with Crippen molar-refractivity contribution in [2.45, 2.75) is 0 Å². The number of para-hydroxylation sites is 1. The quantitative estimate of drug-likeness (QED) is 0.431. The molecule has 0 aliphatic carbocycles. The summed E-state index contributed by atoms with van der Waals surface area (Å²) in [7, 11) is -2.97. The molecule has 0 aliphatic rings. The summed E-state index contributed by atoms with van der Waals surface area (Å²) in [4.78, 5) is 4.06. The second-order valence-corrected chi connectivity index (χ2v) is 6.26. The van der Waals surface area contributed by atoms with Gasteiger partial charge in [0.2, 0.25) is 0 Å². The smallest absolute Gasteiger partial charge is 0.193 e. The zero-order chi connectivity index (χ0) is 14.1. The van der Waals surface area contributed by atoms with Crippen LogP contribution >= 0.6 is 0 Å². The number of hydrogen-bond donors (Lipinski definition) is 2. The fourth-order valence-electron chi connectivity index (χ4n) is 1.25. The number of nitrogens with one attached hydrogen (secondary N) is 1. The number of aliphatic imine (C=N–C) groups is 1. The molecule has 0 saturated carbocycles. The van der Waals surface area contributed by atoms with Gasteiger partial charge >= 0.3 is 0 Å². The maximum Gasteiger partial charge on any atom is 0.193 e. The Hall–Kier alpha value is -1.60. The average molecular weight is 285 g/mol. The number of nitrogens with two attached hydrogens (primary N) is 1. The van der Waals surface area contributed by atoms with Crippen LogP contribution in [0.1, 0.15) is 0 Å². The van der Waals surface area contributed by atoms with Gasteiger partial charge in [-0.3, -0.25) is 4.99 Å². The lowest BCUT2D eigenvalue weighted by Crippen LogP contribution is -2.23. The Balaban J connectivity index is 2.18. The summed E-state index contributed by atoms with van der Waals surface area (Å²) in [5.74, 6) is 0.326. The number of sulfone groups is 1. The molecule has 1 rings (SSSR count). The van der Waals surface area contributed by atoms with Gasteiger partial charge < -0.3 is 15.8 Å². The molecule has 0 unspecified atom stereocenters. The van der Waals surface area contributed by atoms with Crippen LogP contribution in [-0.2, 0) is 14.6 Å². The number of nitrogens with zero attached hydrogens (tertiary/aromatic N) is 1. The van der Waals surface area contributed by atoms with Crippen LogP contribution in [0.3, 0.4) is 0 Å². The van der Waals surface area contributed by atoms with Gasteiger partial charge in [0.25, 0.3) is 0 Å². The zero-order valence-corrected chi connectivity index (χ0v) is 11.7. The first-order valence-corrected chi connectivity index (χ1v) is 7.91. The number of hydrogen-bond acceptors (Lipinski definition) is 4. The summed E-state index contributed by atoms with van der Waals surface area (Å²) in [6.07, 6.45) is 1.18. The minimum Gasteiger partial charge on any atom is -0.378 e. The highest BCUT2D eigenvalue weighted by atomic mass is 32.2. The molecule has 0 bridgehead atoms. The van der Waals surface area contributed by atoms with Crippen molar-refractivity contribution >= 4 is 21.5 Å². The topological polar surface area (TPSA) is 93.8 Å². The molecule has 7 heteroatoms. The molecular weight excluding hydrogens is 266 g/mol. The van der Waals surface area contributed by atoms with E-state index in [0.717, 1.165) is 5.69 Å². The van der Waals surface area contributed by atoms with E-state index in [1.54, 1.807) is 0 Å². The van der Waals surface area contributed by atoms with E-state index >= 15 is 0 Å². The first-order chi connectivity index (χ1) is 8.97. The van der Waals surface area contributed by atoms with Gasteiger partial charge in [0, 0.05) is 11.9 Å². The fourth-order valence-corrected chi connectivity index (χ4v) is 1.67. The summed E-state index contributed by atoms with van der Waals surface area (Å²) in [5, 5.41) is 2.93. The molecule has 0 spiro atoms. The molecule has 0 aliphatic heterocycles. The van der Waals surface area contributed by atoms with E-state index in [4.69, 9.17) is 10.5 Å². The van der Waals surface area contributed by atoms with Crippen LogP contribution in [0.25, 0.3) is 0 Å². The molecule has 1 aromatic carbocycles. The molecule has 0 radical (unpaired) electrons. The third-order valence-electron chi connectivity index (χ3n) is 2.16. The average Bonchev–Trinajstić information content (AvgIpc) is 2.33. The SMILES string of the molecule is CS(=O)(=O)CCOCCN=C(N)Nc1ccccc1. The minimum absolute atomic E-state index is 0.0223. The van der Waals surface area contributed by atoms with Crippen molar-refractivity contribution in [2.24, 2.45) is 10.7 Å². The largest absolute Gasteiger partial charge is 0.378 e. The van der Waals surface area contributed by atoms with Gasteiger partial charge in [0.05, 0.1) is 25.5 Å². The van der Waals surface area contributed by atoms with E-state index in [-0.39, 0.29) is 12.4 Å². The summed E-state index contributed by atoms with van der Waals surface area (Å²) >= 11 is 0. The van der Waals surface area contributed by atoms with E-state index < -0.39 is 9.84 Å². The Morgan fingerprint density at radius 2 is 2.00 bits per heavy atom. The predicted molar refractivity (Wildman–Crippen MR) is 77.1 cm³/mol. The molecule has 19 heavy (non-hydrogen) atoms. The minimum atomic E-state index is -2.97. The van der Waals surface area contributed by atoms with Gasteiger partial charge in [-0.15, -0.1) is 0 Å². The van der Waals surface area contributed by atoms with Crippen molar-refractivity contribution in [3.05, 3.63) is 30.3 Å². The Kier molecular flexibility index (Phi) is 6.31. The van der Waals surface area contributed by atoms with Crippen LogP contribution in [0.15, 0.2) is 35.3 Å². The summed E-state index contributed by atoms with van der Waals surface area (Å²) in [5.41, 5.74) is 6.54. The first kappa shape index (κ1) is 15.5. The van der Waals surface area contributed by atoms with E-state index in [9.17, 15) is 8.42 Å². The Morgan fingerprint density at radius 3 is 2.63 bits per heavy atom. The third kappa shape index (κ3) is 8.17. The van der Waals surface area contributed by atoms with Gasteiger partial charge in [-0.2, -0.15) is 0 Å². The lowest BCUT2D eigenvalue weighted by Gasteiger charge is -2.05. The molecule has 0 atom stereocenters. The van der Waals surface area contributed by atoms with Gasteiger partial charge in [0.15, 0.2) is 5.96 Å². The monoisotopic (exact) mass is 285 g/mol. The van der Waals surface area contributed by atoms with E-state index in [1.807, 2.05) is 30.3 Å². The zero-order valence-electron chi connectivity index (χ0n) is 10.9. The number of ether oxygens (including phenoxy) is 1. The third-order valence-corrected chi connectivity index (χ3v) is 3.07. The summed E-state index contributed by atoms with van der Waals surface area (Å²) in [6.45, 7) is 0.905. The standard InChI is InChI=1S/C12H19N3O3S/c1-19(16,17)10-9-18-8-7-14-12(13)15-11-5-3-2-4-6-11/h2-6H,7-10H2,1H3,(H3,13,14,15). The van der Waals surface area contributed by atoms with Crippen molar-refractivity contribution < 1.29 is 13.2 Å². The number of anilines is 1. The highest BCUT2D eigenvalue weighted by molar-refractivity contribution is 7.90. The second-order valence-electron chi connectivity index (χ2n) is 4.00. The molecule has 1 aromatic rings. The highest BCUT2D eigenvalue weighted by Gasteiger charge is 2.00. The van der Waals surface area contributed by atoms with Gasteiger partial charge in [-0.25, -0.2) is 8.42 Å². The lowest BCUT2D eigenvalue weighted by molar-refractivity contribution is 0.157. The van der Waals surface area contributed by atoms with Crippen molar-refractivity contribution in [2.75, 3.05) is 37.1 Å². The molecule has 0 heterocycles. The van der Waals surface area contributed by atoms with Crippen LogP contribution in [-0.4, -0.2) is 46.1 Å². The van der Waals surface area contributed by atoms with Crippen molar-refractivity contribution in [1.82, 2.24) is 0 Å². The Morgan fingerprint density at radius 1 is 1.32 bits per heavy atom. The summed E-state index contributed by atoms with van der Waals surface area (Å²) < 4.78 is 26.8. The number of benzene rings is 1. The lowest BCUT2D eigenvalue weighted by atomic mass is 10.3. The molecule has 0 amide bonds. The maximum absolute atomic E-state index is 10.8. The second kappa shape index (κ2) is 7.75. The molecule has 3 N–H and O–H groups in total. The van der Waals surface area contributed by atoms with Crippen LogP contribution < -0.4 is 11.1 Å². The fraction of sp³-hybridized carbons (Fsp3) is 0.417. The van der Waals surface area contributed by atoms with E-state index in [0.29, 0.717) is 19.1 Å². The van der Waals surface area contributed by atoms with Crippen LogP contribution in [0.5, 0.6) is 0 Å². The molecule has 0 saturated heterocycles. The van der Waals surface area contributed by atoms with Crippen LogP contribution in [0, 0.1) is 0 Å². The van der Waals surface area contributed by atoms with Crippen molar-refractivity contribution in [3.63, 3.8) is 0 Å². The van der Waals surface area contributed by atoms with Crippen molar-refractivity contribution in [1.29, 1.82) is 0 Å². The van der Waals surface area contributed by atoms with Crippen LogP contribution in [0.4, 0.5) is 5.69 Å². The Labute approximate surface area is 113 Å². The molecular formula is C12H19N3O3S. The van der Waals surface area contributed by atoms with Gasteiger partial charge in [0.1, 0.15) is 9.84 Å². The molecule has 0 aromatic heterocycles. The molecule has 6 nitrogen and oxygen atoms in total. The highest BCUT2D eigenvalue weighted by Crippen LogP contribution is 2.03. The van der Waals surface area contributed by atoms with E-state index in [1.165, 1.54) is 6.26 Å².